The van der Waals surface area contributed by atoms with E-state index >= 15 is 0 Å². The van der Waals surface area contributed by atoms with E-state index < -0.39 is 5.60 Å². The van der Waals surface area contributed by atoms with Gasteiger partial charge in [0.25, 0.3) is 0 Å². The molecule has 1 saturated carbocycles. The van der Waals surface area contributed by atoms with Gasteiger partial charge in [0.2, 0.25) is 0 Å². The molecule has 1 aliphatic heterocycles. The van der Waals surface area contributed by atoms with Crippen molar-refractivity contribution in [1.82, 2.24) is 9.80 Å². The minimum atomic E-state index is -0.995. The van der Waals surface area contributed by atoms with Crippen LogP contribution in [0.1, 0.15) is 69.4 Å². The lowest BCUT2D eigenvalue weighted by molar-refractivity contribution is -0.0342. The zero-order chi connectivity index (χ0) is 25.4. The third kappa shape index (κ3) is 6.69. The standard InChI is InChI=1S/C31H46N2O3/c1-4-5-23-36-27-17-15-26(16-18-27)31(2,34)28(25-11-7-6-8-12-25)24-32-19-21-33(22-20-32)29-13-9-10-14-30(29)35-3/h6-8,11-12,15-18,28-30,34H,4-5,9-10,13-14,19-24H2,1-3H3. The fourth-order valence-corrected chi connectivity index (χ4v) is 6.02. The van der Waals surface area contributed by atoms with Gasteiger partial charge < -0.3 is 19.5 Å². The molecule has 0 aromatic heterocycles. The van der Waals surface area contributed by atoms with Gasteiger partial charge in [-0.1, -0.05) is 68.7 Å². The summed E-state index contributed by atoms with van der Waals surface area (Å²) >= 11 is 0. The van der Waals surface area contributed by atoms with Crippen LogP contribution >= 0.6 is 0 Å². The number of piperazine rings is 1. The second-order valence-corrected chi connectivity index (χ2v) is 10.8. The molecule has 5 nitrogen and oxygen atoms in total. The molecule has 1 aliphatic carbocycles. The largest absolute Gasteiger partial charge is 0.494 e. The predicted molar refractivity (Wildman–Crippen MR) is 147 cm³/mol. The summed E-state index contributed by atoms with van der Waals surface area (Å²) < 4.78 is 11.7. The predicted octanol–water partition coefficient (Wildman–Crippen LogP) is 5.43. The molecular formula is C31H46N2O3. The lowest BCUT2D eigenvalue weighted by atomic mass is 9.78. The van der Waals surface area contributed by atoms with Crippen molar-refractivity contribution in [3.63, 3.8) is 0 Å². The number of aliphatic hydroxyl groups is 1. The van der Waals surface area contributed by atoms with E-state index in [-0.39, 0.29) is 5.92 Å². The van der Waals surface area contributed by atoms with E-state index in [1.165, 1.54) is 31.2 Å². The normalized spacial score (nSPS) is 24.2. The number of unbranched alkanes of at least 4 members (excludes halogenated alkanes) is 1. The molecule has 1 saturated heterocycles. The van der Waals surface area contributed by atoms with Crippen LogP contribution in [0, 0.1) is 0 Å². The van der Waals surface area contributed by atoms with Crippen LogP contribution in [0.15, 0.2) is 54.6 Å². The third-order valence-electron chi connectivity index (χ3n) is 8.37. The topological polar surface area (TPSA) is 45.2 Å². The van der Waals surface area contributed by atoms with E-state index in [9.17, 15) is 5.11 Å². The average molecular weight is 495 g/mol. The summed E-state index contributed by atoms with van der Waals surface area (Å²) in [5, 5.41) is 12.0. The summed E-state index contributed by atoms with van der Waals surface area (Å²) in [6.45, 7) is 9.89. The van der Waals surface area contributed by atoms with Crippen LogP contribution < -0.4 is 4.74 Å². The lowest BCUT2D eigenvalue weighted by Crippen LogP contribution is -2.55. The van der Waals surface area contributed by atoms with Crippen molar-refractivity contribution in [2.24, 2.45) is 0 Å². The van der Waals surface area contributed by atoms with Crippen molar-refractivity contribution in [1.29, 1.82) is 0 Å². The molecule has 5 heteroatoms. The summed E-state index contributed by atoms with van der Waals surface area (Å²) in [5.41, 5.74) is 1.12. The van der Waals surface area contributed by atoms with E-state index in [1.54, 1.807) is 0 Å². The van der Waals surface area contributed by atoms with Crippen LogP contribution in [0.2, 0.25) is 0 Å². The number of methoxy groups -OCH3 is 1. The Morgan fingerprint density at radius 2 is 1.67 bits per heavy atom. The molecule has 0 amide bonds. The first kappa shape index (κ1) is 27.1. The highest BCUT2D eigenvalue weighted by Gasteiger charge is 2.38. The van der Waals surface area contributed by atoms with Crippen molar-refractivity contribution in [3.8, 4) is 5.75 Å². The van der Waals surface area contributed by atoms with Crippen LogP contribution in [-0.2, 0) is 10.3 Å². The molecule has 0 spiro atoms. The van der Waals surface area contributed by atoms with Gasteiger partial charge in [-0.15, -0.1) is 0 Å². The van der Waals surface area contributed by atoms with Gasteiger partial charge in [-0.05, 0) is 49.4 Å². The Bertz CT molecular complexity index is 894. The fraction of sp³-hybridized carbons (Fsp3) is 0.613. The Balaban J connectivity index is 1.44. The molecule has 2 aromatic rings. The molecule has 36 heavy (non-hydrogen) atoms. The zero-order valence-corrected chi connectivity index (χ0v) is 22.6. The van der Waals surface area contributed by atoms with Crippen LogP contribution in [-0.4, -0.2) is 73.5 Å². The first-order chi connectivity index (χ1) is 17.5. The van der Waals surface area contributed by atoms with Crippen LogP contribution in [0.25, 0.3) is 0 Å². The number of rotatable bonds is 11. The first-order valence-corrected chi connectivity index (χ1v) is 14.0. The Hall–Kier alpha value is -1.92. The highest BCUT2D eigenvalue weighted by atomic mass is 16.5. The molecule has 0 bridgehead atoms. The molecule has 4 atom stereocenters. The van der Waals surface area contributed by atoms with Gasteiger partial charge in [0.15, 0.2) is 0 Å². The van der Waals surface area contributed by atoms with Crippen molar-refractivity contribution >= 4 is 0 Å². The second kappa shape index (κ2) is 13.0. The van der Waals surface area contributed by atoms with Gasteiger partial charge in [0.1, 0.15) is 5.75 Å². The number of ether oxygens (including phenoxy) is 2. The van der Waals surface area contributed by atoms with Crippen molar-refractivity contribution in [2.75, 3.05) is 46.4 Å². The number of hydrogen-bond acceptors (Lipinski definition) is 5. The number of nitrogens with zero attached hydrogens (tertiary/aromatic N) is 2. The van der Waals surface area contributed by atoms with Crippen molar-refractivity contribution in [3.05, 3.63) is 65.7 Å². The van der Waals surface area contributed by atoms with Gasteiger partial charge in [-0.3, -0.25) is 4.90 Å². The maximum atomic E-state index is 12.0. The van der Waals surface area contributed by atoms with Crippen LogP contribution in [0.5, 0.6) is 5.75 Å². The van der Waals surface area contributed by atoms with E-state index in [4.69, 9.17) is 9.47 Å². The van der Waals surface area contributed by atoms with E-state index in [1.807, 2.05) is 44.4 Å². The highest BCUT2D eigenvalue weighted by Crippen LogP contribution is 2.38. The third-order valence-corrected chi connectivity index (χ3v) is 8.37. The smallest absolute Gasteiger partial charge is 0.119 e. The monoisotopic (exact) mass is 494 g/mol. The summed E-state index contributed by atoms with van der Waals surface area (Å²) in [6.07, 6.45) is 7.57. The Morgan fingerprint density at radius 3 is 2.33 bits per heavy atom. The highest BCUT2D eigenvalue weighted by molar-refractivity contribution is 5.35. The maximum absolute atomic E-state index is 12.0. The van der Waals surface area contributed by atoms with E-state index in [0.717, 1.165) is 63.5 Å². The fourth-order valence-electron chi connectivity index (χ4n) is 6.02. The van der Waals surface area contributed by atoms with Crippen molar-refractivity contribution in [2.45, 2.75) is 76.0 Å². The molecule has 2 aliphatic rings. The second-order valence-electron chi connectivity index (χ2n) is 10.8. The Morgan fingerprint density at radius 1 is 0.972 bits per heavy atom. The molecule has 1 heterocycles. The number of benzene rings is 2. The maximum Gasteiger partial charge on any atom is 0.119 e. The van der Waals surface area contributed by atoms with E-state index in [0.29, 0.717) is 12.1 Å². The minimum absolute atomic E-state index is 0.0292. The first-order valence-electron chi connectivity index (χ1n) is 14.0. The van der Waals surface area contributed by atoms with Gasteiger partial charge in [0, 0.05) is 51.8 Å². The number of hydrogen-bond donors (Lipinski definition) is 1. The van der Waals surface area contributed by atoms with Crippen LogP contribution in [0.3, 0.4) is 0 Å². The summed E-state index contributed by atoms with van der Waals surface area (Å²) in [4.78, 5) is 5.19. The lowest BCUT2D eigenvalue weighted by Gasteiger charge is -2.45. The molecular weight excluding hydrogens is 448 g/mol. The van der Waals surface area contributed by atoms with Crippen LogP contribution in [0.4, 0.5) is 0 Å². The quantitative estimate of drug-likeness (QED) is 0.422. The summed E-state index contributed by atoms with van der Waals surface area (Å²) in [7, 11) is 1.87. The zero-order valence-electron chi connectivity index (χ0n) is 22.6. The summed E-state index contributed by atoms with van der Waals surface area (Å²) in [5.74, 6) is 0.839. The molecule has 2 fully saturated rings. The average Bonchev–Trinajstić information content (AvgIpc) is 2.93. The van der Waals surface area contributed by atoms with Gasteiger partial charge >= 0.3 is 0 Å². The SMILES string of the molecule is CCCCOc1ccc(C(C)(O)C(CN2CCN(C3CCCCC3OC)CC2)c2ccccc2)cc1. The molecule has 198 valence electrons. The molecule has 0 radical (unpaired) electrons. The van der Waals surface area contributed by atoms with E-state index in [2.05, 4.69) is 41.0 Å². The summed E-state index contributed by atoms with van der Waals surface area (Å²) in [6, 6.07) is 19.1. The Kier molecular flexibility index (Phi) is 9.83. The molecule has 1 N–H and O–H groups in total. The Labute approximate surface area is 218 Å². The molecule has 2 aromatic carbocycles. The molecule has 4 unspecified atom stereocenters. The van der Waals surface area contributed by atoms with Gasteiger partial charge in [-0.2, -0.15) is 0 Å². The van der Waals surface area contributed by atoms with Gasteiger partial charge in [0.05, 0.1) is 18.3 Å². The minimum Gasteiger partial charge on any atom is -0.494 e. The molecule has 4 rings (SSSR count). The van der Waals surface area contributed by atoms with Crippen molar-refractivity contribution < 1.29 is 14.6 Å². The van der Waals surface area contributed by atoms with Gasteiger partial charge in [-0.25, -0.2) is 0 Å².